The van der Waals surface area contributed by atoms with Gasteiger partial charge in [0.1, 0.15) is 0 Å². The van der Waals surface area contributed by atoms with Crippen molar-refractivity contribution in [1.29, 1.82) is 0 Å². The number of sulfone groups is 1. The van der Waals surface area contributed by atoms with Crippen LogP contribution in [0.1, 0.15) is 18.9 Å². The fourth-order valence-electron chi connectivity index (χ4n) is 2.36. The van der Waals surface area contributed by atoms with E-state index >= 15 is 0 Å². The quantitative estimate of drug-likeness (QED) is 0.855. The Balaban J connectivity index is 1.76. The third kappa shape index (κ3) is 4.61. The average Bonchev–Trinajstić information content (AvgIpc) is 2.70. The van der Waals surface area contributed by atoms with Gasteiger partial charge in [-0.2, -0.15) is 0 Å². The van der Waals surface area contributed by atoms with Crippen LogP contribution in [0, 0.1) is 5.92 Å². The summed E-state index contributed by atoms with van der Waals surface area (Å²) in [6.07, 6.45) is 0.761. The summed E-state index contributed by atoms with van der Waals surface area (Å²) in [4.78, 5) is 10.9. The first-order chi connectivity index (χ1) is 9.44. The van der Waals surface area contributed by atoms with Crippen molar-refractivity contribution in [3.8, 4) is 0 Å². The topological polar surface area (TPSA) is 75.3 Å². The fraction of sp³-hybridized carbons (Fsp3) is 0.500. The maximum atomic E-state index is 11.3. The van der Waals surface area contributed by atoms with E-state index in [0.29, 0.717) is 18.1 Å². The molecule has 0 spiro atoms. The summed E-state index contributed by atoms with van der Waals surface area (Å²) in [6.45, 7) is 2.91. The molecule has 1 aromatic rings. The highest BCUT2D eigenvalue weighted by Gasteiger charge is 2.27. The molecule has 1 aromatic carbocycles. The lowest BCUT2D eigenvalue weighted by Crippen LogP contribution is -2.23. The van der Waals surface area contributed by atoms with E-state index in [0.717, 1.165) is 24.2 Å². The molecule has 0 radical (unpaired) electrons. The van der Waals surface area contributed by atoms with Crippen LogP contribution in [-0.4, -0.2) is 32.4 Å². The van der Waals surface area contributed by atoms with Crippen LogP contribution in [0.25, 0.3) is 0 Å². The summed E-state index contributed by atoms with van der Waals surface area (Å²) in [7, 11) is -2.79. The summed E-state index contributed by atoms with van der Waals surface area (Å²) in [5.41, 5.74) is 1.89. The molecule has 0 saturated carbocycles. The van der Waals surface area contributed by atoms with Crippen molar-refractivity contribution >= 4 is 21.4 Å². The van der Waals surface area contributed by atoms with Gasteiger partial charge in [0, 0.05) is 19.2 Å². The van der Waals surface area contributed by atoms with Crippen LogP contribution in [0.5, 0.6) is 0 Å². The second kappa shape index (κ2) is 6.37. The number of amides is 1. The van der Waals surface area contributed by atoms with E-state index < -0.39 is 9.84 Å². The molecule has 1 amide bonds. The van der Waals surface area contributed by atoms with Crippen molar-refractivity contribution < 1.29 is 13.2 Å². The summed E-state index contributed by atoms with van der Waals surface area (Å²) in [5.74, 6) is 0.781. The predicted molar refractivity (Wildman–Crippen MR) is 79.2 cm³/mol. The molecule has 5 nitrogen and oxygen atoms in total. The second-order valence-electron chi connectivity index (χ2n) is 5.28. The highest BCUT2D eigenvalue weighted by atomic mass is 32.2. The van der Waals surface area contributed by atoms with E-state index in [1.165, 1.54) is 6.92 Å². The Morgan fingerprint density at radius 2 is 2.00 bits per heavy atom. The zero-order chi connectivity index (χ0) is 14.6. The lowest BCUT2D eigenvalue weighted by molar-refractivity contribution is -0.114. The number of carbonyl (C=O) groups excluding carboxylic acids is 1. The van der Waals surface area contributed by atoms with E-state index in [1.807, 2.05) is 24.3 Å². The normalized spacial score (nSPS) is 20.8. The third-order valence-corrected chi connectivity index (χ3v) is 5.20. The largest absolute Gasteiger partial charge is 0.326 e. The SMILES string of the molecule is CC(=O)Nc1ccc(CNCC2CCS(=O)(=O)C2)cc1. The van der Waals surface area contributed by atoms with Crippen molar-refractivity contribution in [3.63, 3.8) is 0 Å². The number of benzene rings is 1. The van der Waals surface area contributed by atoms with E-state index in [9.17, 15) is 13.2 Å². The van der Waals surface area contributed by atoms with Crippen LogP contribution in [0.3, 0.4) is 0 Å². The number of rotatable bonds is 5. The van der Waals surface area contributed by atoms with Gasteiger partial charge in [-0.05, 0) is 36.6 Å². The van der Waals surface area contributed by atoms with Crippen LogP contribution in [0.4, 0.5) is 5.69 Å². The van der Waals surface area contributed by atoms with Crippen LogP contribution >= 0.6 is 0 Å². The van der Waals surface area contributed by atoms with Gasteiger partial charge in [0.2, 0.25) is 5.91 Å². The Morgan fingerprint density at radius 3 is 2.55 bits per heavy atom. The molecule has 110 valence electrons. The van der Waals surface area contributed by atoms with Gasteiger partial charge < -0.3 is 10.6 Å². The highest BCUT2D eigenvalue weighted by Crippen LogP contribution is 2.17. The van der Waals surface area contributed by atoms with Gasteiger partial charge in [-0.3, -0.25) is 4.79 Å². The Kier molecular flexibility index (Phi) is 4.77. The molecular formula is C14H20N2O3S. The number of carbonyl (C=O) groups is 1. The van der Waals surface area contributed by atoms with Crippen LogP contribution in [0.15, 0.2) is 24.3 Å². The number of hydrogen-bond acceptors (Lipinski definition) is 4. The summed E-state index contributed by atoms with van der Waals surface area (Å²) < 4.78 is 22.7. The molecule has 1 unspecified atom stereocenters. The first kappa shape index (κ1) is 15.0. The summed E-state index contributed by atoms with van der Waals surface area (Å²) >= 11 is 0. The molecular weight excluding hydrogens is 276 g/mol. The minimum Gasteiger partial charge on any atom is -0.326 e. The van der Waals surface area contributed by atoms with Gasteiger partial charge in [0.05, 0.1) is 11.5 Å². The molecule has 1 fully saturated rings. The molecule has 1 heterocycles. The molecule has 1 atom stereocenters. The standard InChI is InChI=1S/C14H20N2O3S/c1-11(17)16-14-4-2-12(3-5-14)8-15-9-13-6-7-20(18,19)10-13/h2-5,13,15H,6-10H2,1H3,(H,16,17). The molecule has 1 saturated heterocycles. The molecule has 6 heteroatoms. The minimum atomic E-state index is -2.79. The fourth-order valence-corrected chi connectivity index (χ4v) is 4.22. The van der Waals surface area contributed by atoms with Crippen LogP contribution in [-0.2, 0) is 21.2 Å². The van der Waals surface area contributed by atoms with Crippen molar-refractivity contribution in [2.75, 3.05) is 23.4 Å². The maximum Gasteiger partial charge on any atom is 0.221 e. The molecule has 1 aliphatic rings. The van der Waals surface area contributed by atoms with E-state index in [4.69, 9.17) is 0 Å². The molecule has 1 aliphatic heterocycles. The Morgan fingerprint density at radius 1 is 1.30 bits per heavy atom. The lowest BCUT2D eigenvalue weighted by atomic mass is 10.1. The molecule has 20 heavy (non-hydrogen) atoms. The summed E-state index contributed by atoms with van der Waals surface area (Å²) in [5, 5.41) is 6.01. The van der Waals surface area contributed by atoms with Gasteiger partial charge >= 0.3 is 0 Å². The lowest BCUT2D eigenvalue weighted by Gasteiger charge is -2.10. The monoisotopic (exact) mass is 296 g/mol. The minimum absolute atomic E-state index is 0.0849. The number of anilines is 1. The van der Waals surface area contributed by atoms with Crippen molar-refractivity contribution in [1.82, 2.24) is 5.32 Å². The zero-order valence-corrected chi connectivity index (χ0v) is 12.4. The Labute approximate surface area is 119 Å². The van der Waals surface area contributed by atoms with Crippen LogP contribution < -0.4 is 10.6 Å². The third-order valence-electron chi connectivity index (χ3n) is 3.36. The number of hydrogen-bond donors (Lipinski definition) is 2. The first-order valence-corrected chi connectivity index (χ1v) is 8.54. The molecule has 2 rings (SSSR count). The van der Waals surface area contributed by atoms with Gasteiger partial charge in [-0.15, -0.1) is 0 Å². The van der Waals surface area contributed by atoms with Crippen LogP contribution in [0.2, 0.25) is 0 Å². The van der Waals surface area contributed by atoms with Gasteiger partial charge in [-0.25, -0.2) is 8.42 Å². The van der Waals surface area contributed by atoms with E-state index in [1.54, 1.807) is 0 Å². The Bertz CT molecular complexity index is 567. The van der Waals surface area contributed by atoms with Gasteiger partial charge in [-0.1, -0.05) is 12.1 Å². The van der Waals surface area contributed by atoms with Crippen molar-refractivity contribution in [3.05, 3.63) is 29.8 Å². The molecule has 0 aromatic heterocycles. The van der Waals surface area contributed by atoms with E-state index in [-0.39, 0.29) is 11.8 Å². The average molecular weight is 296 g/mol. The molecule has 0 aliphatic carbocycles. The van der Waals surface area contributed by atoms with Crippen molar-refractivity contribution in [2.24, 2.45) is 5.92 Å². The highest BCUT2D eigenvalue weighted by molar-refractivity contribution is 7.91. The second-order valence-corrected chi connectivity index (χ2v) is 7.51. The Hall–Kier alpha value is -1.40. The van der Waals surface area contributed by atoms with Gasteiger partial charge in [0.15, 0.2) is 9.84 Å². The predicted octanol–water partition coefficient (Wildman–Crippen LogP) is 1.17. The zero-order valence-electron chi connectivity index (χ0n) is 11.6. The van der Waals surface area contributed by atoms with Crippen molar-refractivity contribution in [2.45, 2.75) is 19.9 Å². The van der Waals surface area contributed by atoms with E-state index in [2.05, 4.69) is 10.6 Å². The maximum absolute atomic E-state index is 11.3. The summed E-state index contributed by atoms with van der Waals surface area (Å²) in [6, 6.07) is 7.62. The number of nitrogens with one attached hydrogen (secondary N) is 2. The molecule has 2 N–H and O–H groups in total. The molecule has 0 bridgehead atoms. The van der Waals surface area contributed by atoms with Gasteiger partial charge in [0.25, 0.3) is 0 Å². The smallest absolute Gasteiger partial charge is 0.221 e. The first-order valence-electron chi connectivity index (χ1n) is 6.72.